The number of aromatic nitrogens is 2. The van der Waals surface area contributed by atoms with Crippen LogP contribution in [-0.2, 0) is 16.4 Å². The summed E-state index contributed by atoms with van der Waals surface area (Å²) in [7, 11) is -3.56. The van der Waals surface area contributed by atoms with Gasteiger partial charge in [0, 0.05) is 18.5 Å². The zero-order valence-electron chi connectivity index (χ0n) is 15.5. The van der Waals surface area contributed by atoms with Crippen molar-refractivity contribution in [3.63, 3.8) is 0 Å². The Morgan fingerprint density at radius 1 is 1.04 bits per heavy atom. The molecular weight excluding hydrogens is 396 g/mol. The first-order chi connectivity index (χ1) is 13.3. The van der Waals surface area contributed by atoms with Gasteiger partial charge in [-0.1, -0.05) is 47.2 Å². The Hall–Kier alpha value is -2.62. The fraction of sp³-hybridized carbons (Fsp3) is 0.211. The van der Waals surface area contributed by atoms with E-state index in [1.54, 1.807) is 36.4 Å². The third-order valence-corrected chi connectivity index (χ3v) is 6.41. The fourth-order valence-corrected chi connectivity index (χ4v) is 4.26. The number of anilines is 1. The summed E-state index contributed by atoms with van der Waals surface area (Å²) in [6.07, 6.45) is 0.378. The molecule has 9 heteroatoms. The molecule has 0 spiro atoms. The maximum atomic E-state index is 12.3. The Labute approximate surface area is 167 Å². The van der Waals surface area contributed by atoms with Crippen LogP contribution >= 0.6 is 11.3 Å². The molecule has 1 aromatic heterocycles. The molecule has 2 aromatic carbocycles. The van der Waals surface area contributed by atoms with E-state index in [1.807, 2.05) is 26.0 Å². The number of carbonyl (C=O) groups excluding carboxylic acids is 1. The van der Waals surface area contributed by atoms with Crippen molar-refractivity contribution in [1.29, 1.82) is 0 Å². The van der Waals surface area contributed by atoms with Gasteiger partial charge in [-0.25, -0.2) is 13.1 Å². The van der Waals surface area contributed by atoms with Crippen molar-refractivity contribution < 1.29 is 13.2 Å². The van der Waals surface area contributed by atoms with E-state index < -0.39 is 10.0 Å². The van der Waals surface area contributed by atoms with Gasteiger partial charge in [-0.3, -0.25) is 10.1 Å². The summed E-state index contributed by atoms with van der Waals surface area (Å²) in [4.78, 5) is 12.5. The first kappa shape index (κ1) is 20.1. The summed E-state index contributed by atoms with van der Waals surface area (Å²) in [6, 6.07) is 13.9. The number of amides is 1. The zero-order valence-corrected chi connectivity index (χ0v) is 17.1. The summed E-state index contributed by atoms with van der Waals surface area (Å²) >= 11 is 1.22. The SMILES string of the molecule is Cc1ccc(S(=O)(=O)NCCc2nnc(NC(=O)c3ccccc3C)s2)cc1. The fourth-order valence-electron chi connectivity index (χ4n) is 2.49. The van der Waals surface area contributed by atoms with E-state index in [9.17, 15) is 13.2 Å². The van der Waals surface area contributed by atoms with Crippen LogP contribution in [0.4, 0.5) is 5.13 Å². The molecule has 0 fully saturated rings. The second kappa shape index (κ2) is 8.59. The summed E-state index contributed by atoms with van der Waals surface area (Å²) in [5, 5.41) is 11.7. The van der Waals surface area contributed by atoms with E-state index in [0.717, 1.165) is 11.1 Å². The predicted octanol–water partition coefficient (Wildman–Crippen LogP) is 2.93. The minimum absolute atomic E-state index is 0.191. The Kier molecular flexibility index (Phi) is 6.18. The summed E-state index contributed by atoms with van der Waals surface area (Å²) < 4.78 is 27.1. The van der Waals surface area contributed by atoms with Gasteiger partial charge < -0.3 is 0 Å². The largest absolute Gasteiger partial charge is 0.296 e. The normalized spacial score (nSPS) is 11.4. The topological polar surface area (TPSA) is 101 Å². The average Bonchev–Trinajstić information content (AvgIpc) is 3.09. The number of hydrogen-bond donors (Lipinski definition) is 2. The quantitative estimate of drug-likeness (QED) is 0.617. The van der Waals surface area contributed by atoms with E-state index in [0.29, 0.717) is 22.1 Å². The number of rotatable bonds is 7. The van der Waals surface area contributed by atoms with Crippen molar-refractivity contribution in [3.05, 3.63) is 70.2 Å². The van der Waals surface area contributed by atoms with Crippen LogP contribution in [0.25, 0.3) is 0 Å². The molecule has 0 aliphatic heterocycles. The van der Waals surface area contributed by atoms with Gasteiger partial charge in [0.15, 0.2) is 0 Å². The van der Waals surface area contributed by atoms with Crippen molar-refractivity contribution in [2.45, 2.75) is 25.2 Å². The first-order valence-corrected chi connectivity index (χ1v) is 10.9. The van der Waals surface area contributed by atoms with Crippen LogP contribution in [0.2, 0.25) is 0 Å². The number of carbonyl (C=O) groups is 1. The molecule has 1 heterocycles. The molecule has 3 rings (SSSR count). The van der Waals surface area contributed by atoms with Gasteiger partial charge >= 0.3 is 0 Å². The van der Waals surface area contributed by atoms with Gasteiger partial charge in [-0.15, -0.1) is 10.2 Å². The van der Waals surface area contributed by atoms with E-state index in [-0.39, 0.29) is 17.3 Å². The Morgan fingerprint density at radius 2 is 1.75 bits per heavy atom. The lowest BCUT2D eigenvalue weighted by molar-refractivity contribution is 0.102. The van der Waals surface area contributed by atoms with Gasteiger partial charge in [0.25, 0.3) is 5.91 Å². The maximum Gasteiger partial charge on any atom is 0.257 e. The van der Waals surface area contributed by atoms with Crippen LogP contribution in [0.15, 0.2) is 53.4 Å². The van der Waals surface area contributed by atoms with Crippen LogP contribution in [0.1, 0.15) is 26.5 Å². The van der Waals surface area contributed by atoms with Crippen molar-refractivity contribution >= 4 is 32.4 Å². The maximum absolute atomic E-state index is 12.3. The molecule has 0 radical (unpaired) electrons. The smallest absolute Gasteiger partial charge is 0.257 e. The number of hydrogen-bond acceptors (Lipinski definition) is 6. The Balaban J connectivity index is 1.55. The van der Waals surface area contributed by atoms with Crippen molar-refractivity contribution in [2.75, 3.05) is 11.9 Å². The molecular formula is C19H20N4O3S2. The monoisotopic (exact) mass is 416 g/mol. The number of benzene rings is 2. The first-order valence-electron chi connectivity index (χ1n) is 8.61. The molecule has 0 atom stereocenters. The number of nitrogens with zero attached hydrogens (tertiary/aromatic N) is 2. The minimum atomic E-state index is -3.56. The third-order valence-electron chi connectivity index (χ3n) is 4.04. The van der Waals surface area contributed by atoms with Gasteiger partial charge in [0.2, 0.25) is 15.2 Å². The number of nitrogens with one attached hydrogen (secondary N) is 2. The second-order valence-electron chi connectivity index (χ2n) is 6.23. The van der Waals surface area contributed by atoms with Crippen LogP contribution < -0.4 is 10.0 Å². The lowest BCUT2D eigenvalue weighted by Gasteiger charge is -2.06. The predicted molar refractivity (Wildman–Crippen MR) is 109 cm³/mol. The van der Waals surface area contributed by atoms with Crippen LogP contribution in [-0.4, -0.2) is 31.1 Å². The Morgan fingerprint density at radius 3 is 2.46 bits per heavy atom. The molecule has 0 saturated heterocycles. The van der Waals surface area contributed by atoms with Crippen molar-refractivity contribution in [1.82, 2.24) is 14.9 Å². The van der Waals surface area contributed by atoms with Gasteiger partial charge in [-0.2, -0.15) is 0 Å². The molecule has 0 saturated carbocycles. The number of aryl methyl sites for hydroxylation is 2. The molecule has 7 nitrogen and oxygen atoms in total. The molecule has 146 valence electrons. The highest BCUT2D eigenvalue weighted by Gasteiger charge is 2.15. The van der Waals surface area contributed by atoms with E-state index in [1.165, 1.54) is 11.3 Å². The molecule has 28 heavy (non-hydrogen) atoms. The highest BCUT2D eigenvalue weighted by molar-refractivity contribution is 7.89. The van der Waals surface area contributed by atoms with Crippen LogP contribution in [0, 0.1) is 13.8 Å². The molecule has 0 unspecified atom stereocenters. The highest BCUT2D eigenvalue weighted by atomic mass is 32.2. The lowest BCUT2D eigenvalue weighted by atomic mass is 10.1. The standard InChI is InChI=1S/C19H20N4O3S2/c1-13-7-9-15(10-8-13)28(25,26)20-12-11-17-22-23-19(27-17)21-18(24)16-6-4-3-5-14(16)2/h3-10,20H,11-12H2,1-2H3,(H,21,23,24). The minimum Gasteiger partial charge on any atom is -0.296 e. The van der Waals surface area contributed by atoms with E-state index in [4.69, 9.17) is 0 Å². The highest BCUT2D eigenvalue weighted by Crippen LogP contribution is 2.18. The molecule has 2 N–H and O–H groups in total. The van der Waals surface area contributed by atoms with Gasteiger partial charge in [-0.05, 0) is 37.6 Å². The van der Waals surface area contributed by atoms with Crippen LogP contribution in [0.5, 0.6) is 0 Å². The Bertz CT molecular complexity index is 1080. The zero-order chi connectivity index (χ0) is 20.1. The summed E-state index contributed by atoms with van der Waals surface area (Å²) in [6.45, 7) is 3.95. The molecule has 3 aromatic rings. The van der Waals surface area contributed by atoms with Crippen molar-refractivity contribution in [3.8, 4) is 0 Å². The molecule has 0 bridgehead atoms. The second-order valence-corrected chi connectivity index (χ2v) is 9.06. The van der Waals surface area contributed by atoms with Gasteiger partial charge in [0.05, 0.1) is 4.90 Å². The van der Waals surface area contributed by atoms with Gasteiger partial charge in [0.1, 0.15) is 5.01 Å². The lowest BCUT2D eigenvalue weighted by Crippen LogP contribution is -2.25. The van der Waals surface area contributed by atoms with E-state index in [2.05, 4.69) is 20.2 Å². The summed E-state index contributed by atoms with van der Waals surface area (Å²) in [5.74, 6) is -0.249. The summed E-state index contributed by atoms with van der Waals surface area (Å²) in [5.41, 5.74) is 2.44. The molecule has 1 amide bonds. The molecule has 0 aliphatic carbocycles. The van der Waals surface area contributed by atoms with E-state index >= 15 is 0 Å². The van der Waals surface area contributed by atoms with Crippen molar-refractivity contribution in [2.24, 2.45) is 0 Å². The molecule has 0 aliphatic rings. The average molecular weight is 417 g/mol. The third kappa shape index (κ3) is 5.00. The van der Waals surface area contributed by atoms with Crippen LogP contribution in [0.3, 0.4) is 0 Å². The number of sulfonamides is 1.